The van der Waals surface area contributed by atoms with Gasteiger partial charge in [0.15, 0.2) is 5.84 Å². The van der Waals surface area contributed by atoms with Crippen LogP contribution in [-0.4, -0.2) is 17.0 Å². The van der Waals surface area contributed by atoms with Gasteiger partial charge in [0, 0.05) is 4.88 Å². The molecule has 1 aromatic rings. The highest BCUT2D eigenvalue weighted by molar-refractivity contribution is 7.10. The second kappa shape index (κ2) is 7.89. The lowest BCUT2D eigenvalue weighted by atomic mass is 9.98. The summed E-state index contributed by atoms with van der Waals surface area (Å²) in [6.07, 6.45) is 1.36. The molecule has 1 heterocycles. The van der Waals surface area contributed by atoms with Crippen LogP contribution in [0.4, 0.5) is 0 Å². The van der Waals surface area contributed by atoms with Crippen LogP contribution in [0.5, 0.6) is 0 Å². The SMILES string of the molecule is CCCC(C(=O)NC(c1cccs1)C(C)C)C(N)=NO. The van der Waals surface area contributed by atoms with E-state index in [0.29, 0.717) is 6.42 Å². The summed E-state index contributed by atoms with van der Waals surface area (Å²) >= 11 is 1.61. The average Bonchev–Trinajstić information content (AvgIpc) is 2.94. The number of hydrogen-bond donors (Lipinski definition) is 3. The van der Waals surface area contributed by atoms with Crippen molar-refractivity contribution in [3.05, 3.63) is 22.4 Å². The standard InChI is InChI=1S/C14H23N3O2S/c1-4-6-10(13(15)17-19)14(18)16-12(9(2)3)11-7-5-8-20-11/h5,7-10,12,19H,4,6H2,1-3H3,(H2,15,17)(H,16,18). The Bertz CT molecular complexity index is 443. The van der Waals surface area contributed by atoms with Gasteiger partial charge in [0.25, 0.3) is 0 Å². The molecule has 20 heavy (non-hydrogen) atoms. The molecule has 6 heteroatoms. The van der Waals surface area contributed by atoms with Crippen molar-refractivity contribution in [2.24, 2.45) is 22.7 Å². The first-order chi connectivity index (χ1) is 9.51. The van der Waals surface area contributed by atoms with Crippen LogP contribution in [0.1, 0.15) is 44.5 Å². The molecule has 0 spiro atoms. The maximum Gasteiger partial charge on any atom is 0.231 e. The molecule has 0 fully saturated rings. The normalized spacial score (nSPS) is 15.1. The van der Waals surface area contributed by atoms with Gasteiger partial charge in [-0.15, -0.1) is 11.3 Å². The van der Waals surface area contributed by atoms with E-state index in [1.807, 2.05) is 24.4 Å². The van der Waals surface area contributed by atoms with E-state index < -0.39 is 5.92 Å². The summed E-state index contributed by atoms with van der Waals surface area (Å²) < 4.78 is 0. The third kappa shape index (κ3) is 4.23. The van der Waals surface area contributed by atoms with Crippen molar-refractivity contribution in [2.45, 2.75) is 39.7 Å². The van der Waals surface area contributed by atoms with E-state index in [-0.39, 0.29) is 23.7 Å². The van der Waals surface area contributed by atoms with Crippen LogP contribution < -0.4 is 11.1 Å². The lowest BCUT2D eigenvalue weighted by Crippen LogP contribution is -2.41. The summed E-state index contributed by atoms with van der Waals surface area (Å²) in [5.41, 5.74) is 5.62. The van der Waals surface area contributed by atoms with Crippen LogP contribution in [0.3, 0.4) is 0 Å². The fourth-order valence-electron chi connectivity index (χ4n) is 2.06. The van der Waals surface area contributed by atoms with Crippen LogP contribution in [0, 0.1) is 11.8 Å². The lowest BCUT2D eigenvalue weighted by molar-refractivity contribution is -0.124. The first-order valence-electron chi connectivity index (χ1n) is 6.82. The van der Waals surface area contributed by atoms with Crippen molar-refractivity contribution < 1.29 is 10.0 Å². The third-order valence-electron chi connectivity index (χ3n) is 3.18. The van der Waals surface area contributed by atoms with Crippen molar-refractivity contribution in [1.82, 2.24) is 5.32 Å². The number of oxime groups is 1. The van der Waals surface area contributed by atoms with Crippen molar-refractivity contribution in [1.29, 1.82) is 0 Å². The Morgan fingerprint density at radius 1 is 1.55 bits per heavy atom. The van der Waals surface area contributed by atoms with E-state index in [2.05, 4.69) is 24.3 Å². The molecule has 2 unspecified atom stereocenters. The van der Waals surface area contributed by atoms with Crippen molar-refractivity contribution in [3.8, 4) is 0 Å². The molecule has 0 aliphatic heterocycles. The number of nitrogens with two attached hydrogens (primary N) is 1. The van der Waals surface area contributed by atoms with Gasteiger partial charge < -0.3 is 16.3 Å². The molecule has 4 N–H and O–H groups in total. The molecule has 0 aromatic carbocycles. The molecule has 1 amide bonds. The Balaban J connectivity index is 2.84. The summed E-state index contributed by atoms with van der Waals surface area (Å²) in [6, 6.07) is 3.93. The minimum absolute atomic E-state index is 0.0296. The Morgan fingerprint density at radius 3 is 2.70 bits per heavy atom. The average molecular weight is 297 g/mol. The van der Waals surface area contributed by atoms with Crippen LogP contribution in [0.15, 0.2) is 22.7 Å². The monoisotopic (exact) mass is 297 g/mol. The highest BCUT2D eigenvalue weighted by Gasteiger charge is 2.26. The van der Waals surface area contributed by atoms with Gasteiger partial charge in [-0.3, -0.25) is 4.79 Å². The third-order valence-corrected chi connectivity index (χ3v) is 4.14. The van der Waals surface area contributed by atoms with Gasteiger partial charge in [-0.2, -0.15) is 0 Å². The van der Waals surface area contributed by atoms with E-state index in [9.17, 15) is 4.79 Å². The molecule has 5 nitrogen and oxygen atoms in total. The van der Waals surface area contributed by atoms with Crippen molar-refractivity contribution >= 4 is 23.1 Å². The molecule has 0 radical (unpaired) electrons. The molecular formula is C14H23N3O2S. The summed E-state index contributed by atoms with van der Waals surface area (Å²) in [5.74, 6) is -0.523. The zero-order valence-electron chi connectivity index (χ0n) is 12.2. The molecule has 0 aliphatic carbocycles. The minimum atomic E-state index is -0.578. The fourth-order valence-corrected chi connectivity index (χ4v) is 3.01. The first-order valence-corrected chi connectivity index (χ1v) is 7.70. The van der Waals surface area contributed by atoms with Gasteiger partial charge in [0.05, 0.1) is 12.0 Å². The van der Waals surface area contributed by atoms with Crippen molar-refractivity contribution in [3.63, 3.8) is 0 Å². The fraction of sp³-hybridized carbons (Fsp3) is 0.571. The van der Waals surface area contributed by atoms with Gasteiger partial charge in [-0.05, 0) is 23.8 Å². The van der Waals surface area contributed by atoms with Gasteiger partial charge in [-0.1, -0.05) is 38.4 Å². The van der Waals surface area contributed by atoms with Gasteiger partial charge in [-0.25, -0.2) is 0 Å². The number of carbonyl (C=O) groups excluding carboxylic acids is 1. The van der Waals surface area contributed by atoms with Gasteiger partial charge in [0.2, 0.25) is 5.91 Å². The second-order valence-corrected chi connectivity index (χ2v) is 6.09. The molecule has 112 valence electrons. The first kappa shape index (κ1) is 16.5. The number of amidine groups is 1. The number of rotatable bonds is 7. The number of thiophene rings is 1. The van der Waals surface area contributed by atoms with Crippen LogP contribution in [0.25, 0.3) is 0 Å². The van der Waals surface area contributed by atoms with Gasteiger partial charge >= 0.3 is 0 Å². The maximum atomic E-state index is 12.4. The van der Waals surface area contributed by atoms with E-state index in [0.717, 1.165) is 11.3 Å². The Morgan fingerprint density at radius 2 is 2.25 bits per heavy atom. The Labute approximate surface area is 123 Å². The molecule has 0 saturated heterocycles. The van der Waals surface area contributed by atoms with Gasteiger partial charge in [0.1, 0.15) is 0 Å². The molecule has 0 bridgehead atoms. The second-order valence-electron chi connectivity index (χ2n) is 5.11. The van der Waals surface area contributed by atoms with E-state index in [4.69, 9.17) is 10.9 Å². The number of amides is 1. The summed E-state index contributed by atoms with van der Waals surface area (Å²) in [4.78, 5) is 13.5. The Kier molecular flexibility index (Phi) is 6.51. The van der Waals surface area contributed by atoms with Crippen LogP contribution in [-0.2, 0) is 4.79 Å². The van der Waals surface area contributed by atoms with E-state index in [1.54, 1.807) is 11.3 Å². The molecule has 1 rings (SSSR count). The minimum Gasteiger partial charge on any atom is -0.409 e. The largest absolute Gasteiger partial charge is 0.409 e. The highest BCUT2D eigenvalue weighted by atomic mass is 32.1. The predicted octanol–water partition coefficient (Wildman–Crippen LogP) is 2.72. The zero-order valence-corrected chi connectivity index (χ0v) is 13.0. The quantitative estimate of drug-likeness (QED) is 0.313. The van der Waals surface area contributed by atoms with Crippen LogP contribution in [0.2, 0.25) is 0 Å². The summed E-state index contributed by atoms with van der Waals surface area (Å²) in [6.45, 7) is 6.08. The molecule has 0 aliphatic rings. The number of hydrogen-bond acceptors (Lipinski definition) is 4. The van der Waals surface area contributed by atoms with Crippen LogP contribution >= 0.6 is 11.3 Å². The molecule has 2 atom stereocenters. The smallest absolute Gasteiger partial charge is 0.231 e. The molecular weight excluding hydrogens is 274 g/mol. The predicted molar refractivity (Wildman–Crippen MR) is 81.8 cm³/mol. The maximum absolute atomic E-state index is 12.4. The van der Waals surface area contributed by atoms with E-state index >= 15 is 0 Å². The highest BCUT2D eigenvalue weighted by Crippen LogP contribution is 2.26. The summed E-state index contributed by atoms with van der Waals surface area (Å²) in [7, 11) is 0. The summed E-state index contributed by atoms with van der Waals surface area (Å²) in [5, 5.41) is 16.8. The molecule has 1 aromatic heterocycles. The van der Waals surface area contributed by atoms with E-state index in [1.165, 1.54) is 0 Å². The van der Waals surface area contributed by atoms with Crippen molar-refractivity contribution in [2.75, 3.05) is 0 Å². The molecule has 0 saturated carbocycles. The lowest BCUT2D eigenvalue weighted by Gasteiger charge is -2.24. The Hall–Kier alpha value is -1.56. The zero-order chi connectivity index (χ0) is 15.1. The topological polar surface area (TPSA) is 87.7 Å². The number of carbonyl (C=O) groups is 1. The number of nitrogens with one attached hydrogen (secondary N) is 1. The number of nitrogens with zero attached hydrogens (tertiary/aromatic N) is 1.